The Labute approximate surface area is 176 Å². The van der Waals surface area contributed by atoms with Gasteiger partial charge in [0.1, 0.15) is 15.8 Å². The van der Waals surface area contributed by atoms with Crippen molar-refractivity contribution in [2.45, 2.75) is 84.1 Å². The van der Waals surface area contributed by atoms with Crippen LogP contribution < -0.4 is 5.32 Å². The monoisotopic (exact) mass is 407 g/mol. The van der Waals surface area contributed by atoms with Gasteiger partial charge in [0, 0.05) is 17.1 Å². The van der Waals surface area contributed by atoms with Crippen LogP contribution >= 0.6 is 11.3 Å². The van der Waals surface area contributed by atoms with Crippen molar-refractivity contribution in [1.29, 1.82) is 5.26 Å². The summed E-state index contributed by atoms with van der Waals surface area (Å²) in [6.45, 7) is 3.96. The number of carbonyl (C=O) groups excluding carboxylic acids is 1. The van der Waals surface area contributed by atoms with E-state index in [0.717, 1.165) is 21.5 Å². The summed E-state index contributed by atoms with van der Waals surface area (Å²) in [5.74, 6) is -0.0565. The van der Waals surface area contributed by atoms with Crippen molar-refractivity contribution in [2.75, 3.05) is 0 Å². The molecule has 5 heteroatoms. The topological polar surface area (TPSA) is 65.8 Å². The maximum absolute atomic E-state index is 13.4. The number of aromatic nitrogens is 1. The SMILES string of the molecule is Cc1cc(C)c2c(C#N)c(C(=O)NC3C4(CCCCC4)C34CCCCC4)sc2n1. The third-order valence-electron chi connectivity index (χ3n) is 8.09. The second-order valence-electron chi connectivity index (χ2n) is 9.52. The van der Waals surface area contributed by atoms with Crippen LogP contribution in [-0.4, -0.2) is 16.9 Å². The predicted octanol–water partition coefficient (Wildman–Crippen LogP) is 5.80. The maximum Gasteiger partial charge on any atom is 0.263 e. The second-order valence-corrected chi connectivity index (χ2v) is 10.5. The minimum absolute atomic E-state index is 0.0565. The molecule has 0 radical (unpaired) electrons. The fourth-order valence-electron chi connectivity index (χ4n) is 6.86. The van der Waals surface area contributed by atoms with Crippen molar-refractivity contribution in [3.63, 3.8) is 0 Å². The van der Waals surface area contributed by atoms with Gasteiger partial charge in [-0.1, -0.05) is 38.5 Å². The summed E-state index contributed by atoms with van der Waals surface area (Å²) in [7, 11) is 0. The van der Waals surface area contributed by atoms with E-state index in [2.05, 4.69) is 16.4 Å². The number of pyridine rings is 1. The fraction of sp³-hybridized carbons (Fsp3) is 0.625. The van der Waals surface area contributed by atoms with Gasteiger partial charge in [-0.25, -0.2) is 4.98 Å². The molecule has 3 aliphatic carbocycles. The highest BCUT2D eigenvalue weighted by Gasteiger charge is 2.75. The van der Waals surface area contributed by atoms with E-state index in [1.165, 1.54) is 75.5 Å². The molecule has 2 spiro atoms. The number of fused-ring (bicyclic) bond motifs is 2. The number of aryl methyl sites for hydroxylation is 2. The lowest BCUT2D eigenvalue weighted by Gasteiger charge is -2.31. The van der Waals surface area contributed by atoms with E-state index >= 15 is 0 Å². The number of nitrogens with zero attached hydrogens (tertiary/aromatic N) is 2. The smallest absolute Gasteiger partial charge is 0.263 e. The van der Waals surface area contributed by atoms with Crippen LogP contribution in [0.15, 0.2) is 6.07 Å². The molecule has 4 nitrogen and oxygen atoms in total. The lowest BCUT2D eigenvalue weighted by molar-refractivity contribution is 0.0943. The first-order valence-corrected chi connectivity index (χ1v) is 12.0. The zero-order valence-electron chi connectivity index (χ0n) is 17.4. The number of carbonyl (C=O) groups is 1. The van der Waals surface area contributed by atoms with Gasteiger partial charge in [-0.05, 0) is 62.0 Å². The maximum atomic E-state index is 13.4. The second kappa shape index (κ2) is 6.80. The Morgan fingerprint density at radius 3 is 2.24 bits per heavy atom. The van der Waals surface area contributed by atoms with Crippen LogP contribution in [0.25, 0.3) is 10.2 Å². The Morgan fingerprint density at radius 2 is 1.69 bits per heavy atom. The molecule has 1 amide bonds. The summed E-state index contributed by atoms with van der Waals surface area (Å²) in [5.41, 5.74) is 3.09. The molecule has 0 aliphatic heterocycles. The molecule has 1 N–H and O–H groups in total. The molecular formula is C24H29N3OS. The van der Waals surface area contributed by atoms with E-state index in [-0.39, 0.29) is 11.9 Å². The largest absolute Gasteiger partial charge is 0.347 e. The number of thiophene rings is 1. The standard InChI is InChI=1S/C24H29N3OS/c1-15-13-16(2)26-21-18(15)17(14-25)19(29-21)20(28)27-22-23(9-5-3-6-10-23)24(22)11-7-4-8-12-24/h13,22H,3-12H2,1-2H3,(H,27,28). The van der Waals surface area contributed by atoms with Crippen LogP contribution in [0.1, 0.15) is 90.7 Å². The minimum atomic E-state index is -0.0565. The quantitative estimate of drug-likeness (QED) is 0.684. The lowest BCUT2D eigenvalue weighted by Crippen LogP contribution is -2.31. The summed E-state index contributed by atoms with van der Waals surface area (Å²) >= 11 is 1.38. The Balaban J connectivity index is 1.49. The number of hydrogen-bond donors (Lipinski definition) is 1. The van der Waals surface area contributed by atoms with E-state index in [4.69, 9.17) is 0 Å². The van der Waals surface area contributed by atoms with Gasteiger partial charge in [0.2, 0.25) is 0 Å². The molecule has 3 fully saturated rings. The molecule has 3 saturated carbocycles. The first kappa shape index (κ1) is 19.1. The van der Waals surface area contributed by atoms with Crippen molar-refractivity contribution in [2.24, 2.45) is 10.8 Å². The Hall–Kier alpha value is -1.93. The first-order chi connectivity index (χ1) is 14.0. The number of nitriles is 1. The first-order valence-electron chi connectivity index (χ1n) is 11.1. The number of nitrogens with one attached hydrogen (secondary N) is 1. The van der Waals surface area contributed by atoms with Crippen LogP contribution in [0, 0.1) is 36.0 Å². The Kier molecular flexibility index (Phi) is 4.47. The molecule has 2 heterocycles. The average Bonchev–Trinajstić information content (AvgIpc) is 3.03. The van der Waals surface area contributed by atoms with Gasteiger partial charge in [0.15, 0.2) is 0 Å². The van der Waals surface area contributed by atoms with Crippen LogP contribution in [-0.2, 0) is 0 Å². The van der Waals surface area contributed by atoms with E-state index < -0.39 is 0 Å². The van der Waals surface area contributed by atoms with Crippen LogP contribution in [0.5, 0.6) is 0 Å². The van der Waals surface area contributed by atoms with E-state index in [9.17, 15) is 10.1 Å². The van der Waals surface area contributed by atoms with Crippen molar-refractivity contribution >= 4 is 27.5 Å². The van der Waals surface area contributed by atoms with Crippen molar-refractivity contribution < 1.29 is 4.79 Å². The van der Waals surface area contributed by atoms with Gasteiger partial charge >= 0.3 is 0 Å². The summed E-state index contributed by atoms with van der Waals surface area (Å²) in [5, 5.41) is 14.1. The van der Waals surface area contributed by atoms with Crippen molar-refractivity contribution in [3.8, 4) is 6.07 Å². The van der Waals surface area contributed by atoms with E-state index in [1.807, 2.05) is 19.9 Å². The Bertz CT molecular complexity index is 995. The van der Waals surface area contributed by atoms with E-state index in [0.29, 0.717) is 21.3 Å². The van der Waals surface area contributed by atoms with E-state index in [1.54, 1.807) is 0 Å². The van der Waals surface area contributed by atoms with Crippen LogP contribution in [0.3, 0.4) is 0 Å². The average molecular weight is 408 g/mol. The van der Waals surface area contributed by atoms with Crippen molar-refractivity contribution in [1.82, 2.24) is 10.3 Å². The summed E-state index contributed by atoms with van der Waals surface area (Å²) in [6.07, 6.45) is 12.9. The summed E-state index contributed by atoms with van der Waals surface area (Å²) in [6, 6.07) is 4.59. The molecule has 5 rings (SSSR count). The molecule has 152 valence electrons. The van der Waals surface area contributed by atoms with Crippen LogP contribution in [0.4, 0.5) is 0 Å². The molecule has 0 bridgehead atoms. The van der Waals surface area contributed by atoms with Crippen molar-refractivity contribution in [3.05, 3.63) is 27.8 Å². The predicted molar refractivity (Wildman–Crippen MR) is 116 cm³/mol. The Morgan fingerprint density at radius 1 is 1.10 bits per heavy atom. The zero-order chi connectivity index (χ0) is 20.2. The summed E-state index contributed by atoms with van der Waals surface area (Å²) < 4.78 is 0. The van der Waals surface area contributed by atoms with Gasteiger partial charge in [0.25, 0.3) is 5.91 Å². The lowest BCUT2D eigenvalue weighted by atomic mass is 9.73. The van der Waals surface area contributed by atoms with Crippen LogP contribution in [0.2, 0.25) is 0 Å². The van der Waals surface area contributed by atoms with Gasteiger partial charge in [-0.15, -0.1) is 11.3 Å². The molecule has 0 saturated heterocycles. The van der Waals surface area contributed by atoms with Gasteiger partial charge in [0.05, 0.1) is 5.56 Å². The zero-order valence-corrected chi connectivity index (χ0v) is 18.3. The number of rotatable bonds is 2. The third kappa shape index (κ3) is 2.68. The summed E-state index contributed by atoms with van der Waals surface area (Å²) in [4.78, 5) is 19.4. The number of amides is 1. The molecule has 0 aromatic carbocycles. The normalized spacial score (nSPS) is 22.7. The third-order valence-corrected chi connectivity index (χ3v) is 9.17. The highest BCUT2D eigenvalue weighted by molar-refractivity contribution is 7.20. The molecule has 2 aromatic heterocycles. The highest BCUT2D eigenvalue weighted by atomic mass is 32.1. The minimum Gasteiger partial charge on any atom is -0.347 e. The molecule has 0 unspecified atom stereocenters. The van der Waals surface area contributed by atoms with Gasteiger partial charge in [-0.3, -0.25) is 4.79 Å². The molecule has 2 aromatic rings. The molecule has 0 atom stereocenters. The fourth-order valence-corrected chi connectivity index (χ4v) is 8.01. The molecular weight excluding hydrogens is 378 g/mol. The highest BCUT2D eigenvalue weighted by Crippen LogP contribution is 2.75. The van der Waals surface area contributed by atoms with Gasteiger partial charge < -0.3 is 5.32 Å². The van der Waals surface area contributed by atoms with Gasteiger partial charge in [-0.2, -0.15) is 5.26 Å². The molecule has 3 aliphatic rings. The molecule has 29 heavy (non-hydrogen) atoms. The number of hydrogen-bond acceptors (Lipinski definition) is 4.